The quantitative estimate of drug-likeness (QED) is 0.405. The molecule has 0 amide bonds. The van der Waals surface area contributed by atoms with E-state index in [1.807, 2.05) is 6.07 Å². The zero-order valence-corrected chi connectivity index (χ0v) is 12.4. The van der Waals surface area contributed by atoms with Crippen molar-refractivity contribution < 1.29 is 46.5 Å². The monoisotopic (exact) mass is 393 g/mol. The van der Waals surface area contributed by atoms with E-state index in [0.717, 1.165) is 12.1 Å². The molecule has 6 heteroatoms. The number of ketones is 1. The number of Topliss-reactive ketones (excluding diaryl/α,β-unsaturated/α-hetero) is 1. The molecule has 0 radical (unpaired) electrons. The molecule has 0 atom stereocenters. The Kier molecular flexibility index (Phi) is 5.67. The number of carbonyl (C=O) groups is 1. The van der Waals surface area contributed by atoms with Crippen LogP contribution in [0.4, 0.5) is 13.2 Å². The summed E-state index contributed by atoms with van der Waals surface area (Å²) in [5.41, 5.74) is -0.485. The fourth-order valence-electron chi connectivity index (χ4n) is 1.64. The predicted octanol–water partition coefficient (Wildman–Crippen LogP) is -0.120. The molecule has 1 aromatic heterocycles. The van der Waals surface area contributed by atoms with Crippen LogP contribution in [0, 0.1) is 0 Å². The number of hydrogen-bond donors (Lipinski definition) is 0. The van der Waals surface area contributed by atoms with Crippen LogP contribution < -0.4 is 28.5 Å². The highest BCUT2D eigenvalue weighted by Crippen LogP contribution is 2.29. The van der Waals surface area contributed by atoms with Gasteiger partial charge < -0.3 is 24.0 Å². The van der Waals surface area contributed by atoms with E-state index in [4.69, 9.17) is 0 Å². The SMILES string of the molecule is O=C(C[n+]1ccccc1)c1ccc(C(F)(F)F)cc1.[I-]. The third kappa shape index (κ3) is 4.29. The molecule has 20 heavy (non-hydrogen) atoms. The molecule has 2 nitrogen and oxygen atoms in total. The van der Waals surface area contributed by atoms with E-state index in [1.54, 1.807) is 29.1 Å². The van der Waals surface area contributed by atoms with Crippen LogP contribution in [0.3, 0.4) is 0 Å². The lowest BCUT2D eigenvalue weighted by molar-refractivity contribution is -0.683. The largest absolute Gasteiger partial charge is 1.00 e. The summed E-state index contributed by atoms with van der Waals surface area (Å²) in [4.78, 5) is 11.9. The van der Waals surface area contributed by atoms with Crippen molar-refractivity contribution in [3.63, 3.8) is 0 Å². The molecule has 0 unspecified atom stereocenters. The molecule has 0 saturated heterocycles. The summed E-state index contributed by atoms with van der Waals surface area (Å²) >= 11 is 0. The standard InChI is InChI=1S/C14H11F3NO.HI/c15-14(16,17)12-6-4-11(5-7-12)13(19)10-18-8-2-1-3-9-18;/h1-9H,10H2;1H/q+1;/p-1. The van der Waals surface area contributed by atoms with Gasteiger partial charge in [-0.15, -0.1) is 0 Å². The highest BCUT2D eigenvalue weighted by Gasteiger charge is 2.30. The lowest BCUT2D eigenvalue weighted by atomic mass is 10.1. The Labute approximate surface area is 131 Å². The molecule has 2 aromatic rings. The molecular weight excluding hydrogens is 382 g/mol. The van der Waals surface area contributed by atoms with E-state index >= 15 is 0 Å². The van der Waals surface area contributed by atoms with Gasteiger partial charge in [-0.05, 0) is 12.1 Å². The highest BCUT2D eigenvalue weighted by molar-refractivity contribution is 5.95. The van der Waals surface area contributed by atoms with Crippen LogP contribution in [0.5, 0.6) is 0 Å². The normalized spacial score (nSPS) is 10.8. The Bertz CT molecular complexity index is 567. The van der Waals surface area contributed by atoms with Crippen molar-refractivity contribution >= 4 is 5.78 Å². The van der Waals surface area contributed by atoms with E-state index in [9.17, 15) is 18.0 Å². The summed E-state index contributed by atoms with van der Waals surface area (Å²) in [5, 5.41) is 0. The van der Waals surface area contributed by atoms with Crippen LogP contribution >= 0.6 is 0 Å². The number of benzene rings is 1. The van der Waals surface area contributed by atoms with Crippen LogP contribution in [0.2, 0.25) is 0 Å². The molecule has 0 fully saturated rings. The number of carbonyl (C=O) groups excluding carboxylic acids is 1. The Morgan fingerprint density at radius 2 is 1.55 bits per heavy atom. The molecule has 2 rings (SSSR count). The summed E-state index contributed by atoms with van der Waals surface area (Å²) in [7, 11) is 0. The number of halogens is 4. The minimum Gasteiger partial charge on any atom is -1.00 e. The number of pyridine rings is 1. The van der Waals surface area contributed by atoms with Gasteiger partial charge in [0.05, 0.1) is 5.56 Å². The highest BCUT2D eigenvalue weighted by atomic mass is 127. The zero-order chi connectivity index (χ0) is 13.9. The van der Waals surface area contributed by atoms with Gasteiger partial charge in [0.2, 0.25) is 12.3 Å². The number of hydrogen-bond acceptors (Lipinski definition) is 1. The van der Waals surface area contributed by atoms with Crippen molar-refractivity contribution in [3.05, 3.63) is 66.0 Å². The molecule has 1 aromatic carbocycles. The summed E-state index contributed by atoms with van der Waals surface area (Å²) in [6.07, 6.45) is -0.931. The van der Waals surface area contributed by atoms with Crippen molar-refractivity contribution in [1.29, 1.82) is 0 Å². The van der Waals surface area contributed by atoms with Crippen LogP contribution in [0.25, 0.3) is 0 Å². The first-order valence-electron chi connectivity index (χ1n) is 5.61. The zero-order valence-electron chi connectivity index (χ0n) is 10.3. The first-order chi connectivity index (χ1) is 8.97. The summed E-state index contributed by atoms with van der Waals surface area (Å²) in [6, 6.07) is 9.62. The molecular formula is C14H11F3INO. The van der Waals surface area contributed by atoms with Gasteiger partial charge in [0, 0.05) is 17.7 Å². The van der Waals surface area contributed by atoms with E-state index < -0.39 is 11.7 Å². The van der Waals surface area contributed by atoms with Crippen LogP contribution in [0.1, 0.15) is 15.9 Å². The molecule has 0 bridgehead atoms. The Morgan fingerprint density at radius 3 is 2.05 bits per heavy atom. The third-order valence-electron chi connectivity index (χ3n) is 2.64. The number of aromatic nitrogens is 1. The van der Waals surface area contributed by atoms with Crippen molar-refractivity contribution in [2.45, 2.75) is 12.7 Å². The average molecular weight is 393 g/mol. The van der Waals surface area contributed by atoms with Crippen molar-refractivity contribution in [2.75, 3.05) is 0 Å². The summed E-state index contributed by atoms with van der Waals surface area (Å²) < 4.78 is 38.8. The van der Waals surface area contributed by atoms with E-state index in [1.165, 1.54) is 12.1 Å². The molecule has 1 heterocycles. The van der Waals surface area contributed by atoms with Gasteiger partial charge in [-0.25, -0.2) is 0 Å². The van der Waals surface area contributed by atoms with Crippen LogP contribution in [-0.2, 0) is 12.7 Å². The summed E-state index contributed by atoms with van der Waals surface area (Å²) in [5.74, 6) is -0.232. The predicted molar refractivity (Wildman–Crippen MR) is 62.4 cm³/mol. The topological polar surface area (TPSA) is 20.9 Å². The molecule has 0 spiro atoms. The minimum absolute atomic E-state index is 0. The average Bonchev–Trinajstić information content (AvgIpc) is 2.39. The molecule has 0 aliphatic carbocycles. The smallest absolute Gasteiger partial charge is 0.416 e. The van der Waals surface area contributed by atoms with Gasteiger partial charge in [-0.3, -0.25) is 4.79 Å². The van der Waals surface area contributed by atoms with Gasteiger partial charge in [-0.2, -0.15) is 17.7 Å². The van der Waals surface area contributed by atoms with Crippen molar-refractivity contribution in [3.8, 4) is 0 Å². The maximum Gasteiger partial charge on any atom is 0.416 e. The van der Waals surface area contributed by atoms with Gasteiger partial charge in [0.1, 0.15) is 0 Å². The molecule has 0 aliphatic rings. The van der Waals surface area contributed by atoms with E-state index in [-0.39, 0.29) is 41.9 Å². The second kappa shape index (κ2) is 6.83. The van der Waals surface area contributed by atoms with Crippen LogP contribution in [0.15, 0.2) is 54.9 Å². The van der Waals surface area contributed by atoms with Crippen LogP contribution in [-0.4, -0.2) is 5.78 Å². The second-order valence-corrected chi connectivity index (χ2v) is 4.05. The third-order valence-corrected chi connectivity index (χ3v) is 2.64. The Hall–Kier alpha value is -1.44. The number of rotatable bonds is 3. The fourth-order valence-corrected chi connectivity index (χ4v) is 1.64. The Morgan fingerprint density at radius 1 is 1.00 bits per heavy atom. The molecule has 106 valence electrons. The van der Waals surface area contributed by atoms with Crippen molar-refractivity contribution in [2.24, 2.45) is 0 Å². The lowest BCUT2D eigenvalue weighted by Crippen LogP contribution is -3.00. The lowest BCUT2D eigenvalue weighted by Gasteiger charge is -2.06. The van der Waals surface area contributed by atoms with Gasteiger partial charge in [0.15, 0.2) is 12.4 Å². The minimum atomic E-state index is -4.38. The maximum atomic E-state index is 12.4. The Balaban J connectivity index is 0.00000200. The van der Waals surface area contributed by atoms with Gasteiger partial charge in [0.25, 0.3) is 0 Å². The number of nitrogens with zero attached hydrogens (tertiary/aromatic N) is 1. The fraction of sp³-hybridized carbons (Fsp3) is 0.143. The first kappa shape index (κ1) is 16.6. The molecule has 0 aliphatic heterocycles. The van der Waals surface area contributed by atoms with Gasteiger partial charge in [-0.1, -0.05) is 18.2 Å². The molecule has 0 N–H and O–H groups in total. The number of alkyl halides is 3. The van der Waals surface area contributed by atoms with Gasteiger partial charge >= 0.3 is 6.18 Å². The molecule has 0 saturated carbocycles. The second-order valence-electron chi connectivity index (χ2n) is 4.05. The first-order valence-corrected chi connectivity index (χ1v) is 5.61. The van der Waals surface area contributed by atoms with E-state index in [0.29, 0.717) is 0 Å². The van der Waals surface area contributed by atoms with E-state index in [2.05, 4.69) is 0 Å². The summed E-state index contributed by atoms with van der Waals surface area (Å²) in [6.45, 7) is 0.103. The van der Waals surface area contributed by atoms with Crippen molar-refractivity contribution in [1.82, 2.24) is 0 Å². The maximum absolute atomic E-state index is 12.4.